The van der Waals surface area contributed by atoms with Crippen LogP contribution in [0, 0.1) is 5.82 Å². The highest BCUT2D eigenvalue weighted by Gasteiger charge is 2.13. The zero-order valence-corrected chi connectivity index (χ0v) is 13.6. The summed E-state index contributed by atoms with van der Waals surface area (Å²) < 4.78 is 17.8. The summed E-state index contributed by atoms with van der Waals surface area (Å²) in [6, 6.07) is 7.31. The van der Waals surface area contributed by atoms with Crippen LogP contribution in [-0.4, -0.2) is 25.0 Å². The quantitative estimate of drug-likeness (QED) is 0.623. The highest BCUT2D eigenvalue weighted by Crippen LogP contribution is 2.19. The molecule has 0 radical (unpaired) electrons. The summed E-state index contributed by atoms with van der Waals surface area (Å²) in [5.41, 5.74) is 1.36. The molecule has 0 saturated carbocycles. The Kier molecular flexibility index (Phi) is 6.29. The Morgan fingerprint density at radius 1 is 1.22 bits per heavy atom. The van der Waals surface area contributed by atoms with Gasteiger partial charge in [0.15, 0.2) is 0 Å². The van der Waals surface area contributed by atoms with Gasteiger partial charge in [0.25, 0.3) is 5.91 Å². The fourth-order valence-corrected chi connectivity index (χ4v) is 2.94. The number of esters is 1. The van der Waals surface area contributed by atoms with Gasteiger partial charge in [-0.2, -0.15) is 0 Å². The summed E-state index contributed by atoms with van der Waals surface area (Å²) >= 11 is 1.36. The van der Waals surface area contributed by atoms with E-state index in [4.69, 9.17) is 4.74 Å². The van der Waals surface area contributed by atoms with Crippen LogP contribution < -0.4 is 5.32 Å². The molecule has 2 aromatic rings. The van der Waals surface area contributed by atoms with E-state index in [9.17, 15) is 14.0 Å². The van der Waals surface area contributed by atoms with Gasteiger partial charge in [0, 0.05) is 12.1 Å². The van der Waals surface area contributed by atoms with Gasteiger partial charge >= 0.3 is 5.97 Å². The first-order chi connectivity index (χ1) is 11.1. The van der Waals surface area contributed by atoms with Crippen molar-refractivity contribution in [2.24, 2.45) is 0 Å². The number of hydrogen-bond acceptors (Lipinski definition) is 4. The van der Waals surface area contributed by atoms with Crippen LogP contribution in [0.15, 0.2) is 35.7 Å². The van der Waals surface area contributed by atoms with Crippen molar-refractivity contribution in [3.05, 3.63) is 57.5 Å². The third kappa shape index (κ3) is 4.89. The van der Waals surface area contributed by atoms with Crippen LogP contribution in [0.3, 0.4) is 0 Å². The second kappa shape index (κ2) is 8.43. The maximum absolute atomic E-state index is 12.8. The number of hydrogen-bond donors (Lipinski definition) is 1. The van der Waals surface area contributed by atoms with Crippen molar-refractivity contribution < 1.29 is 18.7 Å². The summed E-state index contributed by atoms with van der Waals surface area (Å²) in [6.07, 6.45) is 1.39. The molecule has 1 amide bonds. The molecule has 0 aliphatic rings. The first kappa shape index (κ1) is 17.1. The molecule has 0 spiro atoms. The average Bonchev–Trinajstić information content (AvgIpc) is 3.01. The minimum atomic E-state index is -0.370. The van der Waals surface area contributed by atoms with Crippen molar-refractivity contribution in [1.29, 1.82) is 0 Å². The standard InChI is InChI=1S/C17H18FNO3S/c1-2-22-17(21)15-12(9-11-23-15)4-3-10-19-16(20)13-5-7-14(18)8-6-13/h5-9,11H,2-4,10H2,1H3,(H,19,20). The maximum atomic E-state index is 12.8. The average molecular weight is 335 g/mol. The normalized spacial score (nSPS) is 10.3. The Morgan fingerprint density at radius 3 is 2.65 bits per heavy atom. The highest BCUT2D eigenvalue weighted by molar-refractivity contribution is 7.12. The molecule has 0 bridgehead atoms. The number of amides is 1. The number of nitrogens with one attached hydrogen (secondary N) is 1. The minimum Gasteiger partial charge on any atom is -0.462 e. The molecule has 0 aliphatic heterocycles. The number of carbonyl (C=O) groups is 2. The van der Waals surface area contributed by atoms with Crippen LogP contribution in [-0.2, 0) is 11.2 Å². The smallest absolute Gasteiger partial charge is 0.348 e. The van der Waals surface area contributed by atoms with E-state index in [0.717, 1.165) is 5.56 Å². The molecule has 4 nitrogen and oxygen atoms in total. The van der Waals surface area contributed by atoms with Crippen molar-refractivity contribution in [2.75, 3.05) is 13.2 Å². The second-order valence-corrected chi connectivity index (χ2v) is 5.78. The van der Waals surface area contributed by atoms with Crippen molar-refractivity contribution >= 4 is 23.2 Å². The number of aryl methyl sites for hydroxylation is 1. The van der Waals surface area contributed by atoms with Crippen molar-refractivity contribution in [3.63, 3.8) is 0 Å². The molecule has 1 N–H and O–H groups in total. The lowest BCUT2D eigenvalue weighted by Crippen LogP contribution is -2.24. The number of benzene rings is 1. The molecule has 0 fully saturated rings. The number of rotatable bonds is 7. The summed E-state index contributed by atoms with van der Waals surface area (Å²) in [6.45, 7) is 2.61. The highest BCUT2D eigenvalue weighted by atomic mass is 32.1. The molecule has 1 aromatic heterocycles. The van der Waals surface area contributed by atoms with Crippen molar-refractivity contribution in [2.45, 2.75) is 19.8 Å². The Bertz CT molecular complexity index is 667. The van der Waals surface area contributed by atoms with Gasteiger partial charge in [-0.3, -0.25) is 4.79 Å². The Hall–Kier alpha value is -2.21. The SMILES string of the molecule is CCOC(=O)c1sccc1CCCNC(=O)c1ccc(F)cc1. The van der Waals surface area contributed by atoms with Gasteiger partial charge in [-0.1, -0.05) is 0 Å². The van der Waals surface area contributed by atoms with Crippen molar-refractivity contribution in [3.8, 4) is 0 Å². The minimum absolute atomic E-state index is 0.235. The lowest BCUT2D eigenvalue weighted by molar-refractivity contribution is 0.0530. The van der Waals surface area contributed by atoms with Gasteiger partial charge in [-0.15, -0.1) is 11.3 Å². The number of thiophene rings is 1. The Balaban J connectivity index is 1.79. The van der Waals surface area contributed by atoms with E-state index in [1.807, 2.05) is 11.4 Å². The molecule has 122 valence electrons. The Morgan fingerprint density at radius 2 is 1.96 bits per heavy atom. The summed E-state index contributed by atoms with van der Waals surface area (Å²) in [5, 5.41) is 4.64. The van der Waals surface area contributed by atoms with Gasteiger partial charge in [0.1, 0.15) is 10.7 Å². The fourth-order valence-electron chi connectivity index (χ4n) is 2.09. The number of ether oxygens (including phenoxy) is 1. The van der Waals surface area contributed by atoms with E-state index in [1.54, 1.807) is 6.92 Å². The zero-order valence-electron chi connectivity index (χ0n) is 12.8. The Labute approximate surface area is 138 Å². The van der Waals surface area contributed by atoms with Gasteiger partial charge in [-0.25, -0.2) is 9.18 Å². The summed E-state index contributed by atoms with van der Waals surface area (Å²) in [5.74, 6) is -0.903. The van der Waals surface area contributed by atoms with Gasteiger partial charge in [-0.05, 0) is 61.0 Å². The molecule has 0 atom stereocenters. The lowest BCUT2D eigenvalue weighted by Gasteiger charge is -2.06. The molecule has 23 heavy (non-hydrogen) atoms. The molecule has 6 heteroatoms. The molecule has 1 heterocycles. The predicted octanol–water partition coefficient (Wildman–Crippen LogP) is 3.43. The molecule has 2 rings (SSSR count). The molecule has 0 aliphatic carbocycles. The van der Waals surface area contributed by atoms with Crippen LogP contribution in [0.1, 0.15) is 38.9 Å². The van der Waals surface area contributed by atoms with Crippen LogP contribution in [0.2, 0.25) is 0 Å². The van der Waals surface area contributed by atoms with Crippen LogP contribution >= 0.6 is 11.3 Å². The van der Waals surface area contributed by atoms with Crippen molar-refractivity contribution in [1.82, 2.24) is 5.32 Å². The first-order valence-electron chi connectivity index (χ1n) is 7.39. The third-order valence-corrected chi connectivity index (χ3v) is 4.16. The summed E-state index contributed by atoms with van der Waals surface area (Å²) in [7, 11) is 0. The first-order valence-corrected chi connectivity index (χ1v) is 8.27. The molecular weight excluding hydrogens is 317 g/mol. The topological polar surface area (TPSA) is 55.4 Å². The molecule has 0 saturated heterocycles. The van der Waals surface area contributed by atoms with Crippen LogP contribution in [0.4, 0.5) is 4.39 Å². The van der Waals surface area contributed by atoms with E-state index in [2.05, 4.69) is 5.32 Å². The summed E-state index contributed by atoms with van der Waals surface area (Å²) in [4.78, 5) is 24.3. The van der Waals surface area contributed by atoms with E-state index < -0.39 is 0 Å². The van der Waals surface area contributed by atoms with E-state index in [-0.39, 0.29) is 17.7 Å². The van der Waals surface area contributed by atoms with E-state index in [0.29, 0.717) is 36.4 Å². The van der Waals surface area contributed by atoms with Gasteiger partial charge in [0.05, 0.1) is 6.61 Å². The van der Waals surface area contributed by atoms with Crippen LogP contribution in [0.5, 0.6) is 0 Å². The van der Waals surface area contributed by atoms with Gasteiger partial charge < -0.3 is 10.1 Å². The molecule has 0 unspecified atom stereocenters. The zero-order chi connectivity index (χ0) is 16.7. The largest absolute Gasteiger partial charge is 0.462 e. The second-order valence-electron chi connectivity index (χ2n) is 4.86. The fraction of sp³-hybridized carbons (Fsp3) is 0.294. The van der Waals surface area contributed by atoms with E-state index in [1.165, 1.54) is 35.6 Å². The molecular formula is C17H18FNO3S. The van der Waals surface area contributed by atoms with Crippen LogP contribution in [0.25, 0.3) is 0 Å². The maximum Gasteiger partial charge on any atom is 0.348 e. The third-order valence-electron chi connectivity index (χ3n) is 3.22. The monoisotopic (exact) mass is 335 g/mol. The number of halogens is 1. The predicted molar refractivity (Wildman–Crippen MR) is 87.3 cm³/mol. The van der Waals surface area contributed by atoms with E-state index >= 15 is 0 Å². The number of carbonyl (C=O) groups excluding carboxylic acids is 2. The molecule has 1 aromatic carbocycles. The van der Waals surface area contributed by atoms with Gasteiger partial charge in [0.2, 0.25) is 0 Å². The lowest BCUT2D eigenvalue weighted by atomic mass is 10.1.